The van der Waals surface area contributed by atoms with Crippen molar-refractivity contribution in [2.45, 2.75) is 32.7 Å². The molecule has 2 aromatic rings. The van der Waals surface area contributed by atoms with Crippen LogP contribution in [0.5, 0.6) is 0 Å². The smallest absolute Gasteiger partial charge is 0.200 e. The molecule has 0 atom stereocenters. The first-order valence-corrected chi connectivity index (χ1v) is 6.06. The Morgan fingerprint density at radius 1 is 1.44 bits per heavy atom. The van der Waals surface area contributed by atoms with Crippen molar-refractivity contribution in [2.75, 3.05) is 5.73 Å². The number of nitrogens with two attached hydrogens (primary N) is 1. The van der Waals surface area contributed by atoms with Crippen molar-refractivity contribution >= 4 is 17.3 Å². The molecule has 0 unspecified atom stereocenters. The number of aromatic nitrogens is 3. The highest BCUT2D eigenvalue weighted by atomic mass is 32.1. The van der Waals surface area contributed by atoms with E-state index in [1.807, 2.05) is 10.8 Å². The Morgan fingerprint density at radius 2 is 2.19 bits per heavy atom. The van der Waals surface area contributed by atoms with Crippen LogP contribution in [0.25, 0.3) is 0 Å². The van der Waals surface area contributed by atoms with E-state index in [2.05, 4.69) is 36.1 Å². The van der Waals surface area contributed by atoms with E-state index in [1.54, 1.807) is 17.5 Å². The fourth-order valence-electron chi connectivity index (χ4n) is 1.37. The zero-order valence-corrected chi connectivity index (χ0v) is 10.6. The van der Waals surface area contributed by atoms with Gasteiger partial charge in [0.05, 0.1) is 17.2 Å². The van der Waals surface area contributed by atoms with Gasteiger partial charge in [-0.15, -0.1) is 11.3 Å². The van der Waals surface area contributed by atoms with Crippen LogP contribution in [0.1, 0.15) is 31.5 Å². The Kier molecular flexibility index (Phi) is 2.71. The summed E-state index contributed by atoms with van der Waals surface area (Å²) >= 11 is 1.70. The fourth-order valence-corrected chi connectivity index (χ4v) is 2.27. The van der Waals surface area contributed by atoms with E-state index in [1.165, 1.54) is 0 Å². The Balaban J connectivity index is 2.18. The van der Waals surface area contributed by atoms with Gasteiger partial charge in [-0.1, -0.05) is 20.8 Å². The maximum absolute atomic E-state index is 5.71. The van der Waals surface area contributed by atoms with Crippen molar-refractivity contribution in [3.63, 3.8) is 0 Å². The van der Waals surface area contributed by atoms with Gasteiger partial charge in [-0.3, -0.25) is 0 Å². The fraction of sp³-hybridized carbons (Fsp3) is 0.455. The monoisotopic (exact) mass is 236 g/mol. The van der Waals surface area contributed by atoms with E-state index in [-0.39, 0.29) is 5.41 Å². The number of thiazole rings is 1. The molecule has 0 fully saturated rings. The SMILES string of the molecule is CC(C)(C)c1nc(Cn2ccnc2N)cs1. The van der Waals surface area contributed by atoms with Gasteiger partial charge < -0.3 is 10.3 Å². The minimum absolute atomic E-state index is 0.114. The molecule has 5 heteroatoms. The minimum atomic E-state index is 0.114. The third kappa shape index (κ3) is 2.24. The number of anilines is 1. The molecule has 2 aromatic heterocycles. The molecule has 0 amide bonds. The van der Waals surface area contributed by atoms with Gasteiger partial charge in [0.1, 0.15) is 0 Å². The van der Waals surface area contributed by atoms with Crippen molar-refractivity contribution in [3.8, 4) is 0 Å². The van der Waals surface area contributed by atoms with Crippen molar-refractivity contribution in [3.05, 3.63) is 28.5 Å². The average molecular weight is 236 g/mol. The molecule has 86 valence electrons. The van der Waals surface area contributed by atoms with Crippen LogP contribution < -0.4 is 5.73 Å². The molecule has 0 saturated carbocycles. The lowest BCUT2D eigenvalue weighted by Gasteiger charge is -2.13. The van der Waals surface area contributed by atoms with Crippen molar-refractivity contribution in [1.29, 1.82) is 0 Å². The number of hydrogen-bond acceptors (Lipinski definition) is 4. The summed E-state index contributed by atoms with van der Waals surface area (Å²) in [5.74, 6) is 0.533. The number of hydrogen-bond donors (Lipinski definition) is 1. The van der Waals surface area contributed by atoms with Crippen LogP contribution in [0.15, 0.2) is 17.8 Å². The molecule has 2 rings (SSSR count). The van der Waals surface area contributed by atoms with E-state index in [4.69, 9.17) is 5.73 Å². The first-order valence-electron chi connectivity index (χ1n) is 5.18. The number of rotatable bonds is 2. The van der Waals surface area contributed by atoms with Gasteiger partial charge in [0.2, 0.25) is 0 Å². The lowest BCUT2D eigenvalue weighted by Crippen LogP contribution is -2.11. The molecule has 2 heterocycles. The van der Waals surface area contributed by atoms with E-state index < -0.39 is 0 Å². The summed E-state index contributed by atoms with van der Waals surface area (Å²) in [5.41, 5.74) is 6.86. The zero-order chi connectivity index (χ0) is 11.8. The molecule has 0 saturated heterocycles. The van der Waals surface area contributed by atoms with Crippen molar-refractivity contribution < 1.29 is 0 Å². The standard InChI is InChI=1S/C11H16N4S/c1-11(2,3)9-14-8(7-16-9)6-15-5-4-13-10(15)12/h4-5,7H,6H2,1-3H3,(H2,12,13). The van der Waals surface area contributed by atoms with Crippen molar-refractivity contribution in [1.82, 2.24) is 14.5 Å². The lowest BCUT2D eigenvalue weighted by molar-refractivity contribution is 0.581. The molecular weight excluding hydrogens is 220 g/mol. The minimum Gasteiger partial charge on any atom is -0.369 e. The van der Waals surface area contributed by atoms with Crippen LogP contribution in [0, 0.1) is 0 Å². The number of imidazole rings is 1. The van der Waals surface area contributed by atoms with Crippen LogP contribution >= 0.6 is 11.3 Å². The van der Waals surface area contributed by atoms with Gasteiger partial charge in [-0.05, 0) is 0 Å². The summed E-state index contributed by atoms with van der Waals surface area (Å²) in [7, 11) is 0. The summed E-state index contributed by atoms with van der Waals surface area (Å²) in [6, 6.07) is 0. The van der Waals surface area contributed by atoms with Gasteiger partial charge in [0.15, 0.2) is 5.95 Å². The first kappa shape index (κ1) is 11.1. The third-order valence-corrected chi connectivity index (χ3v) is 3.59. The normalized spacial score (nSPS) is 11.9. The molecule has 0 aromatic carbocycles. The second-order valence-electron chi connectivity index (χ2n) is 4.81. The summed E-state index contributed by atoms with van der Waals surface area (Å²) in [6.45, 7) is 7.20. The van der Waals surface area contributed by atoms with E-state index >= 15 is 0 Å². The van der Waals surface area contributed by atoms with E-state index in [9.17, 15) is 0 Å². The maximum Gasteiger partial charge on any atom is 0.200 e. The summed E-state index contributed by atoms with van der Waals surface area (Å²) < 4.78 is 1.89. The van der Waals surface area contributed by atoms with Gasteiger partial charge in [0, 0.05) is 23.2 Å². The molecular formula is C11H16N4S. The molecule has 16 heavy (non-hydrogen) atoms. The molecule has 0 aliphatic carbocycles. The maximum atomic E-state index is 5.71. The Morgan fingerprint density at radius 3 is 2.69 bits per heavy atom. The largest absolute Gasteiger partial charge is 0.369 e. The zero-order valence-electron chi connectivity index (χ0n) is 9.77. The topological polar surface area (TPSA) is 56.7 Å². The third-order valence-electron chi connectivity index (χ3n) is 2.27. The summed E-state index contributed by atoms with van der Waals surface area (Å²) in [5, 5.41) is 3.24. The average Bonchev–Trinajstić information content (AvgIpc) is 2.76. The van der Waals surface area contributed by atoms with Crippen LogP contribution in [-0.4, -0.2) is 14.5 Å². The van der Waals surface area contributed by atoms with E-state index in [0.717, 1.165) is 10.7 Å². The number of nitrogen functional groups attached to an aromatic ring is 1. The van der Waals surface area contributed by atoms with Gasteiger partial charge >= 0.3 is 0 Å². The Hall–Kier alpha value is -1.36. The quantitative estimate of drug-likeness (QED) is 0.870. The molecule has 0 radical (unpaired) electrons. The number of nitrogens with zero attached hydrogens (tertiary/aromatic N) is 3. The molecule has 0 bridgehead atoms. The molecule has 2 N–H and O–H groups in total. The Bertz CT molecular complexity index is 478. The van der Waals surface area contributed by atoms with Crippen LogP contribution in [0.3, 0.4) is 0 Å². The Labute approximate surface area is 99.2 Å². The molecule has 0 aliphatic rings. The first-order chi connectivity index (χ1) is 7.47. The van der Waals surface area contributed by atoms with Crippen LogP contribution in [0.2, 0.25) is 0 Å². The van der Waals surface area contributed by atoms with Crippen molar-refractivity contribution in [2.24, 2.45) is 0 Å². The van der Waals surface area contributed by atoms with Crippen LogP contribution in [0.4, 0.5) is 5.95 Å². The summed E-state index contributed by atoms with van der Waals surface area (Å²) in [4.78, 5) is 8.60. The summed E-state index contributed by atoms with van der Waals surface area (Å²) in [6.07, 6.45) is 3.57. The molecule has 0 spiro atoms. The highest BCUT2D eigenvalue weighted by molar-refractivity contribution is 7.09. The van der Waals surface area contributed by atoms with Gasteiger partial charge in [0.25, 0.3) is 0 Å². The second kappa shape index (κ2) is 3.90. The predicted molar refractivity (Wildman–Crippen MR) is 66.6 cm³/mol. The second-order valence-corrected chi connectivity index (χ2v) is 5.67. The lowest BCUT2D eigenvalue weighted by atomic mass is 9.98. The van der Waals surface area contributed by atoms with Crippen LogP contribution in [-0.2, 0) is 12.0 Å². The predicted octanol–water partition coefficient (Wildman–Crippen LogP) is 2.27. The highest BCUT2D eigenvalue weighted by Gasteiger charge is 2.18. The van der Waals surface area contributed by atoms with E-state index in [0.29, 0.717) is 12.5 Å². The highest BCUT2D eigenvalue weighted by Crippen LogP contribution is 2.25. The molecule has 4 nitrogen and oxygen atoms in total. The van der Waals surface area contributed by atoms with Gasteiger partial charge in [-0.25, -0.2) is 9.97 Å². The van der Waals surface area contributed by atoms with Gasteiger partial charge in [-0.2, -0.15) is 0 Å². The molecule has 0 aliphatic heterocycles.